The number of pyridine rings is 1. The van der Waals surface area contributed by atoms with Gasteiger partial charge in [0.25, 0.3) is 0 Å². The topological polar surface area (TPSA) is 48.4 Å². The summed E-state index contributed by atoms with van der Waals surface area (Å²) in [6, 6.07) is 8.07. The van der Waals surface area contributed by atoms with Crippen LogP contribution in [0.5, 0.6) is 5.75 Å². The molecular formula is C18H21NO3. The SMILES string of the molecule is C=C(C)OC(=O)CCCOc1c(C)ccc2ccc(C)nc12. The molecule has 0 fully saturated rings. The molecule has 0 N–H and O–H groups in total. The standard InChI is InChI=1S/C18H21NO3/c1-12(2)22-16(20)6-5-11-21-18-13(3)7-9-15-10-8-14(4)19-17(15)18/h7-10H,1,5-6,11H2,2-4H3. The van der Waals surface area contributed by atoms with Crippen LogP contribution in [0.4, 0.5) is 0 Å². The van der Waals surface area contributed by atoms with Crippen LogP contribution >= 0.6 is 0 Å². The molecule has 1 heterocycles. The minimum absolute atomic E-state index is 0.278. The number of hydrogen-bond donors (Lipinski definition) is 0. The Kier molecular flexibility index (Phi) is 5.15. The predicted molar refractivity (Wildman–Crippen MR) is 86.9 cm³/mol. The van der Waals surface area contributed by atoms with Crippen molar-refractivity contribution in [1.82, 2.24) is 4.98 Å². The highest BCUT2D eigenvalue weighted by atomic mass is 16.5. The van der Waals surface area contributed by atoms with E-state index in [1.165, 1.54) is 0 Å². The maximum Gasteiger partial charge on any atom is 0.310 e. The van der Waals surface area contributed by atoms with Crippen LogP contribution in [0.2, 0.25) is 0 Å². The van der Waals surface area contributed by atoms with Crippen LogP contribution < -0.4 is 4.74 Å². The molecule has 2 aromatic rings. The summed E-state index contributed by atoms with van der Waals surface area (Å²) >= 11 is 0. The van der Waals surface area contributed by atoms with Crippen molar-refractivity contribution >= 4 is 16.9 Å². The predicted octanol–water partition coefficient (Wildman–Crippen LogP) is 4.09. The molecule has 0 aliphatic rings. The third kappa shape index (κ3) is 4.07. The number of aryl methyl sites for hydroxylation is 2. The first kappa shape index (κ1) is 16.0. The van der Waals surface area contributed by atoms with Crippen molar-refractivity contribution in [3.8, 4) is 5.75 Å². The first-order chi connectivity index (χ1) is 10.5. The smallest absolute Gasteiger partial charge is 0.310 e. The van der Waals surface area contributed by atoms with Gasteiger partial charge < -0.3 is 9.47 Å². The summed E-state index contributed by atoms with van der Waals surface area (Å²) in [5.74, 6) is 0.921. The Hall–Kier alpha value is -2.36. The summed E-state index contributed by atoms with van der Waals surface area (Å²) in [7, 11) is 0. The number of nitrogens with zero attached hydrogens (tertiary/aromatic N) is 1. The van der Waals surface area contributed by atoms with Crippen LogP contribution in [0.3, 0.4) is 0 Å². The van der Waals surface area contributed by atoms with Crippen LogP contribution in [0.25, 0.3) is 10.9 Å². The summed E-state index contributed by atoms with van der Waals surface area (Å²) in [6.45, 7) is 9.59. The number of ether oxygens (including phenoxy) is 2. The lowest BCUT2D eigenvalue weighted by molar-refractivity contribution is -0.139. The Morgan fingerprint density at radius 1 is 1.23 bits per heavy atom. The third-order valence-corrected chi connectivity index (χ3v) is 3.21. The highest BCUT2D eigenvalue weighted by molar-refractivity contribution is 5.86. The van der Waals surface area contributed by atoms with E-state index in [4.69, 9.17) is 9.47 Å². The van der Waals surface area contributed by atoms with Gasteiger partial charge in [-0.2, -0.15) is 0 Å². The molecule has 0 radical (unpaired) electrons. The second kappa shape index (κ2) is 7.07. The fraction of sp³-hybridized carbons (Fsp3) is 0.333. The molecule has 2 rings (SSSR count). The van der Waals surface area contributed by atoms with Gasteiger partial charge >= 0.3 is 5.97 Å². The van der Waals surface area contributed by atoms with E-state index in [2.05, 4.69) is 11.6 Å². The largest absolute Gasteiger partial charge is 0.491 e. The molecule has 0 aliphatic carbocycles. The minimum atomic E-state index is -0.278. The van der Waals surface area contributed by atoms with Crippen LogP contribution in [-0.4, -0.2) is 17.6 Å². The fourth-order valence-electron chi connectivity index (χ4n) is 2.18. The fourth-order valence-corrected chi connectivity index (χ4v) is 2.18. The number of benzene rings is 1. The van der Waals surface area contributed by atoms with E-state index in [1.54, 1.807) is 6.92 Å². The molecule has 0 aliphatic heterocycles. The molecule has 0 saturated carbocycles. The Morgan fingerprint density at radius 2 is 1.95 bits per heavy atom. The molecule has 0 saturated heterocycles. The Bertz CT molecular complexity index is 702. The second-order valence-electron chi connectivity index (χ2n) is 5.36. The number of carbonyl (C=O) groups is 1. The van der Waals surface area contributed by atoms with E-state index >= 15 is 0 Å². The van der Waals surface area contributed by atoms with E-state index in [1.807, 2.05) is 38.1 Å². The van der Waals surface area contributed by atoms with E-state index in [0.717, 1.165) is 27.9 Å². The number of rotatable bonds is 6. The number of aromatic nitrogens is 1. The second-order valence-corrected chi connectivity index (χ2v) is 5.36. The zero-order valence-corrected chi connectivity index (χ0v) is 13.3. The number of hydrogen-bond acceptors (Lipinski definition) is 4. The van der Waals surface area contributed by atoms with Gasteiger partial charge in [-0.25, -0.2) is 4.98 Å². The van der Waals surface area contributed by atoms with Crippen molar-refractivity contribution in [1.29, 1.82) is 0 Å². The van der Waals surface area contributed by atoms with E-state index in [0.29, 0.717) is 25.2 Å². The van der Waals surface area contributed by atoms with Crippen LogP contribution in [0.15, 0.2) is 36.6 Å². The van der Waals surface area contributed by atoms with Crippen LogP contribution in [-0.2, 0) is 9.53 Å². The van der Waals surface area contributed by atoms with Gasteiger partial charge in [0, 0.05) is 17.5 Å². The summed E-state index contributed by atoms with van der Waals surface area (Å²) in [4.78, 5) is 16.0. The number of allylic oxidation sites excluding steroid dienone is 1. The summed E-state index contributed by atoms with van der Waals surface area (Å²) in [5.41, 5.74) is 2.85. The quantitative estimate of drug-likeness (QED) is 0.458. The average Bonchev–Trinajstić information content (AvgIpc) is 2.44. The molecule has 0 atom stereocenters. The van der Waals surface area contributed by atoms with Gasteiger partial charge in [0.1, 0.15) is 11.3 Å². The number of esters is 1. The lowest BCUT2D eigenvalue weighted by Gasteiger charge is -2.12. The molecule has 22 heavy (non-hydrogen) atoms. The third-order valence-electron chi connectivity index (χ3n) is 3.21. The molecule has 0 amide bonds. The number of carbonyl (C=O) groups excluding carboxylic acids is 1. The maximum atomic E-state index is 11.4. The molecule has 0 unspecified atom stereocenters. The first-order valence-electron chi connectivity index (χ1n) is 7.33. The highest BCUT2D eigenvalue weighted by Gasteiger charge is 2.09. The van der Waals surface area contributed by atoms with Gasteiger partial charge in [-0.15, -0.1) is 0 Å². The van der Waals surface area contributed by atoms with Gasteiger partial charge in [-0.05, 0) is 38.8 Å². The van der Waals surface area contributed by atoms with Gasteiger partial charge in [-0.3, -0.25) is 4.79 Å². The van der Waals surface area contributed by atoms with E-state index in [-0.39, 0.29) is 5.97 Å². The maximum absolute atomic E-state index is 11.4. The lowest BCUT2D eigenvalue weighted by Crippen LogP contribution is -2.06. The molecule has 116 valence electrons. The van der Waals surface area contributed by atoms with Crippen molar-refractivity contribution < 1.29 is 14.3 Å². The van der Waals surface area contributed by atoms with Crippen LogP contribution in [0, 0.1) is 13.8 Å². The van der Waals surface area contributed by atoms with Crippen molar-refractivity contribution in [3.05, 3.63) is 47.9 Å². The normalized spacial score (nSPS) is 10.5. The Morgan fingerprint density at radius 3 is 2.68 bits per heavy atom. The van der Waals surface area contributed by atoms with Gasteiger partial charge in [0.2, 0.25) is 0 Å². The zero-order chi connectivity index (χ0) is 16.1. The molecule has 0 bridgehead atoms. The average molecular weight is 299 g/mol. The first-order valence-corrected chi connectivity index (χ1v) is 7.33. The Labute approximate surface area is 130 Å². The van der Waals surface area contributed by atoms with Crippen molar-refractivity contribution in [2.45, 2.75) is 33.6 Å². The van der Waals surface area contributed by atoms with E-state index < -0.39 is 0 Å². The molecule has 1 aromatic heterocycles. The molecule has 4 nitrogen and oxygen atoms in total. The van der Waals surface area contributed by atoms with Crippen LogP contribution in [0.1, 0.15) is 31.0 Å². The summed E-state index contributed by atoms with van der Waals surface area (Å²) in [5, 5.41) is 1.05. The van der Waals surface area contributed by atoms with Crippen molar-refractivity contribution in [3.63, 3.8) is 0 Å². The van der Waals surface area contributed by atoms with E-state index in [9.17, 15) is 4.79 Å². The monoisotopic (exact) mass is 299 g/mol. The van der Waals surface area contributed by atoms with Crippen molar-refractivity contribution in [2.24, 2.45) is 0 Å². The molecular weight excluding hydrogens is 278 g/mol. The lowest BCUT2D eigenvalue weighted by atomic mass is 10.1. The molecule has 4 heteroatoms. The van der Waals surface area contributed by atoms with Gasteiger partial charge in [0.05, 0.1) is 12.4 Å². The summed E-state index contributed by atoms with van der Waals surface area (Å²) in [6.07, 6.45) is 0.900. The molecule has 1 aromatic carbocycles. The van der Waals surface area contributed by atoms with Gasteiger partial charge in [-0.1, -0.05) is 24.8 Å². The minimum Gasteiger partial charge on any atom is -0.491 e. The Balaban J connectivity index is 2.02. The van der Waals surface area contributed by atoms with Crippen molar-refractivity contribution in [2.75, 3.05) is 6.61 Å². The highest BCUT2D eigenvalue weighted by Crippen LogP contribution is 2.28. The number of fused-ring (bicyclic) bond motifs is 1. The zero-order valence-electron chi connectivity index (χ0n) is 13.3. The summed E-state index contributed by atoms with van der Waals surface area (Å²) < 4.78 is 10.8. The van der Waals surface area contributed by atoms with Gasteiger partial charge in [0.15, 0.2) is 0 Å². The molecule has 0 spiro atoms.